The first-order chi connectivity index (χ1) is 12.1. The van der Waals surface area contributed by atoms with Crippen molar-refractivity contribution in [2.75, 3.05) is 11.6 Å². The number of hydrogen-bond donors (Lipinski definition) is 0. The third-order valence-electron chi connectivity index (χ3n) is 4.75. The number of carbonyl (C=O) groups is 2. The average molecular weight is 357 g/mol. The van der Waals surface area contributed by atoms with Gasteiger partial charge in [-0.05, 0) is 36.8 Å². The fraction of sp³-hybridized carbons (Fsp3) is 0.263. The fourth-order valence-corrected chi connectivity index (χ4v) is 3.71. The normalized spacial score (nSPS) is 25.6. The van der Waals surface area contributed by atoms with Crippen molar-refractivity contribution in [3.63, 3.8) is 0 Å². The van der Waals surface area contributed by atoms with Crippen LogP contribution >= 0.6 is 11.6 Å². The summed E-state index contributed by atoms with van der Waals surface area (Å²) < 4.78 is 0. The van der Waals surface area contributed by atoms with Crippen LogP contribution in [0, 0.1) is 5.92 Å². The van der Waals surface area contributed by atoms with Crippen LogP contribution in [0.1, 0.15) is 18.5 Å². The van der Waals surface area contributed by atoms with Crippen LogP contribution in [-0.4, -0.2) is 29.4 Å². The Hall–Kier alpha value is -2.37. The summed E-state index contributed by atoms with van der Waals surface area (Å²) in [6.07, 6.45) is -0.784. The van der Waals surface area contributed by atoms with Gasteiger partial charge in [0.05, 0.1) is 11.7 Å². The number of hydroxylamine groups is 1. The molecule has 0 radical (unpaired) electrons. The Balaban J connectivity index is 1.79. The first-order valence-electron chi connectivity index (χ1n) is 8.23. The largest absolute Gasteiger partial charge is 0.280 e. The quantitative estimate of drug-likeness (QED) is 0.792. The summed E-state index contributed by atoms with van der Waals surface area (Å²) in [5.74, 6) is -0.997. The zero-order chi connectivity index (χ0) is 17.6. The van der Waals surface area contributed by atoms with Gasteiger partial charge in [-0.2, -0.15) is 0 Å². The minimum Gasteiger partial charge on any atom is -0.280 e. The molecule has 2 aliphatic heterocycles. The maximum absolute atomic E-state index is 12.8. The van der Waals surface area contributed by atoms with Gasteiger partial charge in [-0.3, -0.25) is 19.3 Å². The van der Waals surface area contributed by atoms with E-state index >= 15 is 0 Å². The van der Waals surface area contributed by atoms with Crippen molar-refractivity contribution in [1.82, 2.24) is 4.90 Å². The molecule has 5 nitrogen and oxygen atoms in total. The number of halogens is 1. The minimum atomic E-state index is -0.784. The molecule has 2 fully saturated rings. The molecule has 0 saturated carbocycles. The fourth-order valence-electron chi connectivity index (χ4n) is 3.58. The number of likely N-dealkylation sites (N-methyl/N-ethyl adjacent to an activating group) is 1. The predicted molar refractivity (Wildman–Crippen MR) is 93.9 cm³/mol. The van der Waals surface area contributed by atoms with Gasteiger partial charge < -0.3 is 0 Å². The Morgan fingerprint density at radius 3 is 2.32 bits per heavy atom. The molecule has 2 aromatic rings. The molecule has 25 heavy (non-hydrogen) atoms. The summed E-state index contributed by atoms with van der Waals surface area (Å²) >= 11 is 5.98. The maximum atomic E-state index is 12.8. The van der Waals surface area contributed by atoms with Crippen LogP contribution in [0.15, 0.2) is 54.6 Å². The molecule has 6 heteroatoms. The number of anilines is 1. The van der Waals surface area contributed by atoms with E-state index in [9.17, 15) is 9.59 Å². The lowest BCUT2D eigenvalue weighted by Crippen LogP contribution is -2.37. The second-order valence-corrected chi connectivity index (χ2v) is 6.57. The number of nitrogens with zero attached hydrogens (tertiary/aromatic N) is 2. The Bertz CT molecular complexity index is 809. The van der Waals surface area contributed by atoms with Gasteiger partial charge in [-0.15, -0.1) is 0 Å². The summed E-state index contributed by atoms with van der Waals surface area (Å²) in [7, 11) is 0. The molecular weight excluding hydrogens is 340 g/mol. The molecular formula is C19H17ClN2O3. The molecule has 2 saturated heterocycles. The zero-order valence-corrected chi connectivity index (χ0v) is 14.4. The molecule has 2 heterocycles. The first kappa shape index (κ1) is 16.1. The van der Waals surface area contributed by atoms with Crippen LogP contribution in [0.25, 0.3) is 0 Å². The van der Waals surface area contributed by atoms with Crippen molar-refractivity contribution < 1.29 is 14.4 Å². The molecule has 0 spiro atoms. The number of fused-ring (bicyclic) bond motifs is 1. The topological polar surface area (TPSA) is 49.9 Å². The second-order valence-electron chi connectivity index (χ2n) is 6.13. The lowest BCUT2D eigenvalue weighted by Gasteiger charge is -2.28. The molecule has 0 aromatic heterocycles. The van der Waals surface area contributed by atoms with Crippen molar-refractivity contribution >= 4 is 29.1 Å². The van der Waals surface area contributed by atoms with Crippen molar-refractivity contribution in [2.45, 2.75) is 19.1 Å². The monoisotopic (exact) mass is 356 g/mol. The smallest absolute Gasteiger partial charge is 0.261 e. The standard InChI is InChI=1S/C19H17ClN2O3/c1-2-21-18(23)15-16(12-6-4-3-5-7-12)22(25-17(15)19(21)24)14-10-8-13(20)9-11-14/h3-11,15-17H,2H2,1H3/t15-,16-,17-/m1/s1. The lowest BCUT2D eigenvalue weighted by molar-refractivity contribution is -0.142. The van der Waals surface area contributed by atoms with Crippen LogP contribution in [0.2, 0.25) is 5.02 Å². The van der Waals surface area contributed by atoms with Crippen LogP contribution in [0.5, 0.6) is 0 Å². The summed E-state index contributed by atoms with van der Waals surface area (Å²) in [5.41, 5.74) is 1.69. The van der Waals surface area contributed by atoms with Gasteiger partial charge in [0.1, 0.15) is 5.92 Å². The Kier molecular flexibility index (Phi) is 3.98. The highest BCUT2D eigenvalue weighted by Crippen LogP contribution is 2.46. The summed E-state index contributed by atoms with van der Waals surface area (Å²) in [4.78, 5) is 32.6. The summed E-state index contributed by atoms with van der Waals surface area (Å²) in [5, 5.41) is 2.28. The molecule has 0 aliphatic carbocycles. The number of hydrogen-bond acceptors (Lipinski definition) is 4. The average Bonchev–Trinajstić information content (AvgIpc) is 3.13. The highest BCUT2D eigenvalue weighted by Gasteiger charge is 2.59. The van der Waals surface area contributed by atoms with E-state index in [0.717, 1.165) is 11.3 Å². The molecule has 0 N–H and O–H groups in total. The molecule has 3 atom stereocenters. The SMILES string of the molecule is CCN1C(=O)[C@@H]2[C@@H](c3ccccc3)N(c3ccc(Cl)cc3)O[C@H]2C1=O. The Morgan fingerprint density at radius 2 is 1.68 bits per heavy atom. The van der Waals surface area contributed by atoms with Crippen LogP contribution < -0.4 is 5.06 Å². The van der Waals surface area contributed by atoms with E-state index in [-0.39, 0.29) is 17.9 Å². The summed E-state index contributed by atoms with van der Waals surface area (Å²) in [6, 6.07) is 16.5. The van der Waals surface area contributed by atoms with E-state index in [1.807, 2.05) is 42.5 Å². The number of rotatable bonds is 3. The van der Waals surface area contributed by atoms with Crippen LogP contribution in [0.4, 0.5) is 5.69 Å². The van der Waals surface area contributed by atoms with Crippen molar-refractivity contribution in [2.24, 2.45) is 5.92 Å². The highest BCUT2D eigenvalue weighted by atomic mass is 35.5. The molecule has 0 unspecified atom stereocenters. The maximum Gasteiger partial charge on any atom is 0.261 e. The van der Waals surface area contributed by atoms with Gasteiger partial charge in [0.25, 0.3) is 5.91 Å². The van der Waals surface area contributed by atoms with E-state index in [4.69, 9.17) is 16.4 Å². The van der Waals surface area contributed by atoms with Crippen LogP contribution in [-0.2, 0) is 14.4 Å². The first-order valence-corrected chi connectivity index (χ1v) is 8.61. The van der Waals surface area contributed by atoms with Crippen molar-refractivity contribution in [1.29, 1.82) is 0 Å². The minimum absolute atomic E-state index is 0.178. The van der Waals surface area contributed by atoms with E-state index in [2.05, 4.69) is 0 Å². The van der Waals surface area contributed by atoms with E-state index < -0.39 is 12.0 Å². The molecule has 4 rings (SSSR count). The third-order valence-corrected chi connectivity index (χ3v) is 5.00. The van der Waals surface area contributed by atoms with Gasteiger partial charge in [0.15, 0.2) is 6.10 Å². The van der Waals surface area contributed by atoms with Gasteiger partial charge in [0.2, 0.25) is 5.91 Å². The van der Waals surface area contributed by atoms with Gasteiger partial charge in [0, 0.05) is 11.6 Å². The van der Waals surface area contributed by atoms with Gasteiger partial charge in [-0.1, -0.05) is 41.9 Å². The van der Waals surface area contributed by atoms with E-state index in [1.165, 1.54) is 4.90 Å². The highest BCUT2D eigenvalue weighted by molar-refractivity contribution is 6.30. The van der Waals surface area contributed by atoms with E-state index in [0.29, 0.717) is 11.6 Å². The predicted octanol–water partition coefficient (Wildman–Crippen LogP) is 3.21. The number of benzene rings is 2. The van der Waals surface area contributed by atoms with Crippen molar-refractivity contribution in [3.05, 3.63) is 65.2 Å². The van der Waals surface area contributed by atoms with Gasteiger partial charge in [-0.25, -0.2) is 5.06 Å². The molecule has 2 aromatic carbocycles. The third kappa shape index (κ3) is 2.51. The number of amides is 2. The van der Waals surface area contributed by atoms with E-state index in [1.54, 1.807) is 24.1 Å². The van der Waals surface area contributed by atoms with Crippen LogP contribution in [0.3, 0.4) is 0 Å². The Labute approximate surface area is 150 Å². The lowest BCUT2D eigenvalue weighted by atomic mass is 9.90. The second kappa shape index (κ2) is 6.17. The van der Waals surface area contributed by atoms with Crippen molar-refractivity contribution in [3.8, 4) is 0 Å². The number of imide groups is 1. The molecule has 2 amide bonds. The molecule has 128 valence electrons. The Morgan fingerprint density at radius 1 is 1.00 bits per heavy atom. The summed E-state index contributed by atoms with van der Waals surface area (Å²) in [6.45, 7) is 2.15. The molecule has 2 aliphatic rings. The van der Waals surface area contributed by atoms with Gasteiger partial charge >= 0.3 is 0 Å². The zero-order valence-electron chi connectivity index (χ0n) is 13.6. The molecule has 0 bridgehead atoms. The number of carbonyl (C=O) groups excluding carboxylic acids is 2. The number of likely N-dealkylation sites (tertiary alicyclic amines) is 1.